The number of halogens is 2. The molecule has 0 spiro atoms. The van der Waals surface area contributed by atoms with Crippen molar-refractivity contribution in [2.45, 2.75) is 12.8 Å². The van der Waals surface area contributed by atoms with Crippen LogP contribution in [0.4, 0.5) is 0 Å². The summed E-state index contributed by atoms with van der Waals surface area (Å²) in [4.78, 5) is 11.5. The van der Waals surface area contributed by atoms with Crippen molar-refractivity contribution in [3.63, 3.8) is 0 Å². The van der Waals surface area contributed by atoms with Crippen molar-refractivity contribution in [3.05, 3.63) is 20.8 Å². The summed E-state index contributed by atoms with van der Waals surface area (Å²) in [5, 5.41) is 4.75. The van der Waals surface area contributed by atoms with E-state index in [1.807, 2.05) is 11.4 Å². The van der Waals surface area contributed by atoms with Crippen LogP contribution < -0.4 is 5.32 Å². The van der Waals surface area contributed by atoms with E-state index in [0.717, 1.165) is 33.2 Å². The summed E-state index contributed by atoms with van der Waals surface area (Å²) in [5.74, 6) is 0.0282. The van der Waals surface area contributed by atoms with Gasteiger partial charge in [0.1, 0.15) is 0 Å². The van der Waals surface area contributed by atoms with Crippen LogP contribution in [0.5, 0.6) is 0 Å². The summed E-state index contributed by atoms with van der Waals surface area (Å²) in [6.45, 7) is 0.773. The summed E-state index contributed by atoms with van der Waals surface area (Å²) in [6.07, 6.45) is 2.22. The van der Waals surface area contributed by atoms with Crippen molar-refractivity contribution in [1.29, 1.82) is 0 Å². The Morgan fingerprint density at radius 1 is 1.57 bits per heavy atom. The molecule has 0 aliphatic heterocycles. The third-order valence-corrected chi connectivity index (χ3v) is 3.94. The van der Waals surface area contributed by atoms with Crippen LogP contribution in [-0.2, 0) is 0 Å². The molecular weight excluding hydrogens is 377 g/mol. The van der Waals surface area contributed by atoms with E-state index in [1.165, 1.54) is 11.3 Å². The lowest BCUT2D eigenvalue weighted by molar-refractivity contribution is 0.0953. The monoisotopic (exact) mass is 387 g/mol. The van der Waals surface area contributed by atoms with Crippen LogP contribution in [0.3, 0.4) is 0 Å². The van der Waals surface area contributed by atoms with Crippen LogP contribution in [0.2, 0.25) is 0 Å². The highest BCUT2D eigenvalue weighted by Crippen LogP contribution is 2.20. The molecule has 0 saturated carbocycles. The van der Waals surface area contributed by atoms with Crippen molar-refractivity contribution < 1.29 is 4.79 Å². The fourth-order valence-corrected chi connectivity index (χ4v) is 2.63. The van der Waals surface area contributed by atoms with Gasteiger partial charge in [0.15, 0.2) is 0 Å². The van der Waals surface area contributed by atoms with Gasteiger partial charge in [-0.3, -0.25) is 4.79 Å². The summed E-state index contributed by atoms with van der Waals surface area (Å²) in [6, 6.07) is 1.85. The molecule has 1 rings (SSSR count). The molecule has 0 unspecified atom stereocenters. The first-order chi connectivity index (χ1) is 6.74. The number of unbranched alkanes of at least 4 members (excludes halogenated alkanes) is 1. The zero-order valence-corrected chi connectivity index (χ0v) is 12.1. The van der Waals surface area contributed by atoms with E-state index < -0.39 is 0 Å². The zero-order chi connectivity index (χ0) is 10.4. The number of hydrogen-bond acceptors (Lipinski definition) is 2. The summed E-state index contributed by atoms with van der Waals surface area (Å²) in [5.41, 5.74) is 0.747. The highest BCUT2D eigenvalue weighted by atomic mass is 127. The van der Waals surface area contributed by atoms with Crippen LogP contribution in [0, 0.1) is 0 Å². The average Bonchev–Trinajstić information content (AvgIpc) is 2.59. The van der Waals surface area contributed by atoms with Gasteiger partial charge in [0.25, 0.3) is 5.91 Å². The number of hydrogen-bond donors (Lipinski definition) is 1. The van der Waals surface area contributed by atoms with Gasteiger partial charge in [-0.1, -0.05) is 22.6 Å². The quantitative estimate of drug-likeness (QED) is 0.468. The third kappa shape index (κ3) is 4.27. The van der Waals surface area contributed by atoms with Gasteiger partial charge < -0.3 is 5.32 Å². The minimum atomic E-state index is 0.0282. The van der Waals surface area contributed by atoms with Gasteiger partial charge in [-0.2, -0.15) is 0 Å². The van der Waals surface area contributed by atoms with Crippen molar-refractivity contribution in [2.75, 3.05) is 11.0 Å². The molecule has 0 fully saturated rings. The smallest absolute Gasteiger partial charge is 0.252 e. The van der Waals surface area contributed by atoms with E-state index in [2.05, 4.69) is 43.8 Å². The molecule has 78 valence electrons. The fraction of sp³-hybridized carbons (Fsp3) is 0.444. The number of carbonyl (C=O) groups is 1. The Labute approximate surface area is 110 Å². The first kappa shape index (κ1) is 12.4. The second-order valence-corrected chi connectivity index (χ2v) is 6.16. The minimum absolute atomic E-state index is 0.0282. The molecule has 14 heavy (non-hydrogen) atoms. The number of rotatable bonds is 5. The van der Waals surface area contributed by atoms with E-state index in [4.69, 9.17) is 0 Å². The lowest BCUT2D eigenvalue weighted by Crippen LogP contribution is -2.23. The SMILES string of the molecule is O=C(NCCCCI)c1csc(Br)c1. The topological polar surface area (TPSA) is 29.1 Å². The number of nitrogens with one attached hydrogen (secondary N) is 1. The Balaban J connectivity index is 2.29. The Bertz CT molecular complexity index is 303. The van der Waals surface area contributed by atoms with Gasteiger partial charge in [-0.05, 0) is 39.3 Å². The third-order valence-electron chi connectivity index (χ3n) is 1.68. The maximum atomic E-state index is 11.5. The van der Waals surface area contributed by atoms with E-state index in [-0.39, 0.29) is 5.91 Å². The van der Waals surface area contributed by atoms with Crippen LogP contribution >= 0.6 is 49.9 Å². The Morgan fingerprint density at radius 3 is 2.93 bits per heavy atom. The van der Waals surface area contributed by atoms with Crippen molar-refractivity contribution in [1.82, 2.24) is 5.32 Å². The van der Waals surface area contributed by atoms with Crippen molar-refractivity contribution in [2.24, 2.45) is 0 Å². The molecule has 0 aromatic carbocycles. The maximum Gasteiger partial charge on any atom is 0.252 e. The summed E-state index contributed by atoms with van der Waals surface area (Å²) < 4.78 is 2.15. The molecule has 5 heteroatoms. The first-order valence-corrected chi connectivity index (χ1v) is 7.52. The molecule has 0 radical (unpaired) electrons. The normalized spacial score (nSPS) is 10.1. The predicted molar refractivity (Wildman–Crippen MR) is 72.5 cm³/mol. The zero-order valence-electron chi connectivity index (χ0n) is 7.56. The number of alkyl halides is 1. The molecular formula is C9H11BrINOS. The Morgan fingerprint density at radius 2 is 2.36 bits per heavy atom. The van der Waals surface area contributed by atoms with E-state index in [9.17, 15) is 4.79 Å². The molecule has 0 aliphatic rings. The minimum Gasteiger partial charge on any atom is -0.352 e. The average molecular weight is 388 g/mol. The molecule has 0 saturated heterocycles. The summed E-state index contributed by atoms with van der Waals surface area (Å²) in [7, 11) is 0. The highest BCUT2D eigenvalue weighted by molar-refractivity contribution is 14.1. The number of thiophene rings is 1. The molecule has 1 N–H and O–H groups in total. The summed E-state index contributed by atoms with van der Waals surface area (Å²) >= 11 is 7.20. The van der Waals surface area contributed by atoms with Gasteiger partial charge in [0.2, 0.25) is 0 Å². The number of amides is 1. The van der Waals surface area contributed by atoms with Gasteiger partial charge in [0.05, 0.1) is 9.35 Å². The van der Waals surface area contributed by atoms with Crippen LogP contribution in [0.25, 0.3) is 0 Å². The molecule has 1 aromatic rings. The first-order valence-electron chi connectivity index (χ1n) is 4.32. The van der Waals surface area contributed by atoms with Gasteiger partial charge in [-0.25, -0.2) is 0 Å². The molecule has 0 atom stereocenters. The highest BCUT2D eigenvalue weighted by Gasteiger charge is 2.06. The van der Waals surface area contributed by atoms with E-state index in [1.54, 1.807) is 0 Å². The van der Waals surface area contributed by atoms with Crippen LogP contribution in [-0.4, -0.2) is 16.9 Å². The van der Waals surface area contributed by atoms with Gasteiger partial charge in [-0.15, -0.1) is 11.3 Å². The van der Waals surface area contributed by atoms with Crippen molar-refractivity contribution in [3.8, 4) is 0 Å². The van der Waals surface area contributed by atoms with Crippen LogP contribution in [0.15, 0.2) is 15.2 Å². The lowest BCUT2D eigenvalue weighted by atomic mass is 10.3. The number of carbonyl (C=O) groups excluding carboxylic acids is 1. The standard InChI is InChI=1S/C9H11BrINOS/c10-8-5-7(6-14-8)9(13)12-4-2-1-3-11/h5-6H,1-4H2,(H,12,13). The molecule has 1 amide bonds. The molecule has 1 aromatic heterocycles. The Hall–Kier alpha value is 0.380. The molecule has 1 heterocycles. The second kappa shape index (κ2) is 6.79. The Kier molecular flexibility index (Phi) is 6.04. The van der Waals surface area contributed by atoms with Gasteiger partial charge >= 0.3 is 0 Å². The van der Waals surface area contributed by atoms with E-state index in [0.29, 0.717) is 0 Å². The predicted octanol–water partition coefficient (Wildman–Crippen LogP) is 3.46. The lowest BCUT2D eigenvalue weighted by Gasteiger charge is -2.01. The second-order valence-electron chi connectivity index (χ2n) is 2.79. The van der Waals surface area contributed by atoms with E-state index >= 15 is 0 Å². The fourth-order valence-electron chi connectivity index (χ4n) is 0.953. The molecule has 2 nitrogen and oxygen atoms in total. The van der Waals surface area contributed by atoms with Crippen molar-refractivity contribution >= 4 is 55.8 Å². The van der Waals surface area contributed by atoms with Gasteiger partial charge in [0, 0.05) is 11.9 Å². The maximum absolute atomic E-state index is 11.5. The van der Waals surface area contributed by atoms with Crippen LogP contribution in [0.1, 0.15) is 23.2 Å². The largest absolute Gasteiger partial charge is 0.352 e. The molecule has 0 aliphatic carbocycles. The molecule has 0 bridgehead atoms.